The summed E-state index contributed by atoms with van der Waals surface area (Å²) in [6.45, 7) is 1.99. The Morgan fingerprint density at radius 2 is 2.53 bits per heavy atom. The monoisotopic (exact) mass is 203 g/mol. The van der Waals surface area contributed by atoms with E-state index in [-0.39, 0.29) is 0 Å². The summed E-state index contributed by atoms with van der Waals surface area (Å²) >= 11 is 0. The van der Waals surface area contributed by atoms with E-state index in [9.17, 15) is 0 Å². The Morgan fingerprint density at radius 1 is 1.60 bits per heavy atom. The van der Waals surface area contributed by atoms with Crippen LogP contribution >= 0.6 is 0 Å². The van der Waals surface area contributed by atoms with Crippen molar-refractivity contribution in [2.75, 3.05) is 18.4 Å². The molecule has 0 saturated carbocycles. The van der Waals surface area contributed by atoms with Crippen LogP contribution in [-0.2, 0) is 0 Å². The van der Waals surface area contributed by atoms with Crippen LogP contribution in [0.4, 0.5) is 5.82 Å². The zero-order valence-electron chi connectivity index (χ0n) is 8.40. The lowest BCUT2D eigenvalue weighted by Crippen LogP contribution is -2.38. The maximum absolute atomic E-state index is 8.87. The average Bonchev–Trinajstić information content (AvgIpc) is 2.31. The van der Waals surface area contributed by atoms with E-state index in [1.807, 2.05) is 0 Å². The average molecular weight is 203 g/mol. The number of aromatic nitrogens is 2. The summed E-state index contributed by atoms with van der Waals surface area (Å²) in [5.41, 5.74) is 0.551. The molecule has 5 nitrogen and oxygen atoms in total. The highest BCUT2D eigenvalue weighted by Gasteiger charge is 2.14. The summed E-state index contributed by atoms with van der Waals surface area (Å²) in [5, 5.41) is 23.1. The Kier molecular flexibility index (Phi) is 3.10. The molecule has 15 heavy (non-hydrogen) atoms. The zero-order valence-corrected chi connectivity index (χ0v) is 8.40. The molecule has 1 atom stereocenters. The molecule has 1 fully saturated rings. The van der Waals surface area contributed by atoms with Crippen molar-refractivity contribution >= 4 is 5.82 Å². The summed E-state index contributed by atoms with van der Waals surface area (Å²) in [7, 11) is 0. The second kappa shape index (κ2) is 4.71. The third-order valence-corrected chi connectivity index (χ3v) is 2.48. The lowest BCUT2D eigenvalue weighted by molar-refractivity contribution is 0.478. The molecule has 0 spiro atoms. The van der Waals surface area contributed by atoms with E-state index in [1.165, 1.54) is 6.20 Å². The number of nitriles is 1. The third-order valence-electron chi connectivity index (χ3n) is 2.48. The van der Waals surface area contributed by atoms with Gasteiger partial charge < -0.3 is 10.6 Å². The van der Waals surface area contributed by atoms with E-state index < -0.39 is 0 Å². The van der Waals surface area contributed by atoms with Crippen molar-refractivity contribution in [3.63, 3.8) is 0 Å². The first kappa shape index (κ1) is 9.87. The molecule has 0 amide bonds. The fourth-order valence-corrected chi connectivity index (χ4v) is 1.70. The first-order valence-electron chi connectivity index (χ1n) is 5.09. The van der Waals surface area contributed by atoms with Crippen molar-refractivity contribution in [2.45, 2.75) is 18.9 Å². The molecular formula is C10H13N5. The van der Waals surface area contributed by atoms with E-state index in [2.05, 4.69) is 26.9 Å². The van der Waals surface area contributed by atoms with Crippen LogP contribution in [0.15, 0.2) is 12.3 Å². The Balaban J connectivity index is 2.06. The van der Waals surface area contributed by atoms with Gasteiger partial charge >= 0.3 is 0 Å². The number of rotatable bonds is 2. The van der Waals surface area contributed by atoms with E-state index in [4.69, 9.17) is 5.26 Å². The molecule has 0 radical (unpaired) electrons. The van der Waals surface area contributed by atoms with Crippen LogP contribution < -0.4 is 10.6 Å². The van der Waals surface area contributed by atoms with E-state index >= 15 is 0 Å². The predicted octanol–water partition coefficient (Wildman–Crippen LogP) is 0.512. The van der Waals surface area contributed by atoms with Crippen molar-refractivity contribution in [1.82, 2.24) is 15.5 Å². The van der Waals surface area contributed by atoms with Crippen LogP contribution in [-0.4, -0.2) is 29.3 Å². The minimum atomic E-state index is 0.350. The SMILES string of the molecule is N#Cc1ccnnc1NC1CCCNC1. The fourth-order valence-electron chi connectivity index (χ4n) is 1.70. The van der Waals surface area contributed by atoms with Crippen LogP contribution in [0.2, 0.25) is 0 Å². The van der Waals surface area contributed by atoms with Gasteiger partial charge in [-0.15, -0.1) is 5.10 Å². The molecule has 2 heterocycles. The first-order valence-corrected chi connectivity index (χ1v) is 5.09. The molecule has 0 aromatic carbocycles. The molecule has 1 saturated heterocycles. The van der Waals surface area contributed by atoms with Gasteiger partial charge in [0.2, 0.25) is 0 Å². The molecule has 1 aliphatic rings. The van der Waals surface area contributed by atoms with Gasteiger partial charge in [0, 0.05) is 12.6 Å². The lowest BCUT2D eigenvalue weighted by Gasteiger charge is -2.24. The highest BCUT2D eigenvalue weighted by molar-refractivity contribution is 5.50. The molecule has 1 unspecified atom stereocenters. The molecule has 1 aliphatic heterocycles. The Morgan fingerprint density at radius 3 is 3.27 bits per heavy atom. The van der Waals surface area contributed by atoms with E-state index in [0.717, 1.165) is 25.9 Å². The smallest absolute Gasteiger partial charge is 0.166 e. The van der Waals surface area contributed by atoms with Crippen molar-refractivity contribution in [3.05, 3.63) is 17.8 Å². The number of anilines is 1. The molecule has 1 aromatic heterocycles. The normalized spacial score (nSPS) is 20.6. The van der Waals surface area contributed by atoms with Gasteiger partial charge in [0.05, 0.1) is 11.8 Å². The van der Waals surface area contributed by atoms with Crippen LogP contribution in [0.25, 0.3) is 0 Å². The van der Waals surface area contributed by atoms with Gasteiger partial charge in [-0.25, -0.2) is 0 Å². The zero-order chi connectivity index (χ0) is 10.5. The number of nitrogens with zero attached hydrogens (tertiary/aromatic N) is 3. The van der Waals surface area contributed by atoms with Gasteiger partial charge in [-0.05, 0) is 25.5 Å². The molecule has 78 valence electrons. The number of nitrogens with one attached hydrogen (secondary N) is 2. The highest BCUT2D eigenvalue weighted by atomic mass is 15.2. The van der Waals surface area contributed by atoms with Crippen molar-refractivity contribution in [1.29, 1.82) is 5.26 Å². The van der Waals surface area contributed by atoms with Crippen LogP contribution in [0, 0.1) is 11.3 Å². The second-order valence-corrected chi connectivity index (χ2v) is 3.59. The minimum absolute atomic E-state index is 0.350. The Bertz CT molecular complexity index is 364. The Hall–Kier alpha value is -1.67. The maximum Gasteiger partial charge on any atom is 0.166 e. The summed E-state index contributed by atoms with van der Waals surface area (Å²) in [6.07, 6.45) is 3.79. The third kappa shape index (κ3) is 2.42. The lowest BCUT2D eigenvalue weighted by atomic mass is 10.1. The minimum Gasteiger partial charge on any atom is -0.363 e. The van der Waals surface area contributed by atoms with E-state index in [1.54, 1.807) is 6.07 Å². The first-order chi connectivity index (χ1) is 7.40. The van der Waals surface area contributed by atoms with Gasteiger partial charge in [0.25, 0.3) is 0 Å². The second-order valence-electron chi connectivity index (χ2n) is 3.59. The maximum atomic E-state index is 8.87. The number of hydrogen-bond acceptors (Lipinski definition) is 5. The van der Waals surface area contributed by atoms with Gasteiger partial charge in [-0.1, -0.05) is 0 Å². The van der Waals surface area contributed by atoms with Crippen molar-refractivity contribution < 1.29 is 0 Å². The fraction of sp³-hybridized carbons (Fsp3) is 0.500. The Labute approximate surface area is 88.5 Å². The highest BCUT2D eigenvalue weighted by Crippen LogP contribution is 2.13. The number of hydrogen-bond donors (Lipinski definition) is 2. The van der Waals surface area contributed by atoms with Crippen LogP contribution in [0.3, 0.4) is 0 Å². The van der Waals surface area contributed by atoms with Gasteiger partial charge in [0.1, 0.15) is 6.07 Å². The largest absolute Gasteiger partial charge is 0.363 e. The predicted molar refractivity (Wildman–Crippen MR) is 56.3 cm³/mol. The number of piperidine rings is 1. The van der Waals surface area contributed by atoms with Crippen molar-refractivity contribution in [3.8, 4) is 6.07 Å². The summed E-state index contributed by atoms with van der Waals surface area (Å²) in [4.78, 5) is 0. The van der Waals surface area contributed by atoms with Crippen LogP contribution in [0.5, 0.6) is 0 Å². The molecule has 1 aromatic rings. The van der Waals surface area contributed by atoms with Gasteiger partial charge in [0.15, 0.2) is 5.82 Å². The van der Waals surface area contributed by atoms with E-state index in [0.29, 0.717) is 17.4 Å². The molecule has 2 N–H and O–H groups in total. The van der Waals surface area contributed by atoms with Gasteiger partial charge in [-0.3, -0.25) is 0 Å². The molecule has 2 rings (SSSR count). The topological polar surface area (TPSA) is 73.6 Å². The van der Waals surface area contributed by atoms with Crippen molar-refractivity contribution in [2.24, 2.45) is 0 Å². The summed E-state index contributed by atoms with van der Waals surface area (Å²) < 4.78 is 0. The summed E-state index contributed by atoms with van der Waals surface area (Å²) in [6, 6.07) is 4.12. The molecular weight excluding hydrogens is 190 g/mol. The standard InChI is InChI=1S/C10H13N5/c11-6-8-3-5-13-15-10(8)14-9-2-1-4-12-7-9/h3,5,9,12H,1-2,4,7H2,(H,14,15). The van der Waals surface area contributed by atoms with Crippen LogP contribution in [0.1, 0.15) is 18.4 Å². The van der Waals surface area contributed by atoms with Gasteiger partial charge in [-0.2, -0.15) is 10.4 Å². The summed E-state index contributed by atoms with van der Waals surface area (Å²) in [5.74, 6) is 0.591. The molecule has 5 heteroatoms. The molecule has 0 aliphatic carbocycles. The molecule has 0 bridgehead atoms. The quantitative estimate of drug-likeness (QED) is 0.732.